The molecule has 1 unspecified atom stereocenters. The first-order valence-corrected chi connectivity index (χ1v) is 7.04. The van der Waals surface area contributed by atoms with Crippen LogP contribution in [0.3, 0.4) is 0 Å². The van der Waals surface area contributed by atoms with E-state index in [1.54, 1.807) is 6.92 Å². The van der Waals surface area contributed by atoms with Gasteiger partial charge < -0.3 is 15.3 Å². The Hall–Kier alpha value is -1.39. The lowest BCUT2D eigenvalue weighted by molar-refractivity contribution is -0.124. The topological polar surface area (TPSA) is 52.6 Å². The molecule has 0 fully saturated rings. The van der Waals surface area contributed by atoms with E-state index in [-0.39, 0.29) is 12.0 Å². The summed E-state index contributed by atoms with van der Waals surface area (Å²) in [6.45, 7) is 7.08. The summed E-state index contributed by atoms with van der Waals surface area (Å²) >= 11 is 0. The van der Waals surface area contributed by atoms with Crippen LogP contribution in [0.1, 0.15) is 27.2 Å². The zero-order valence-electron chi connectivity index (χ0n) is 12.9. The highest BCUT2D eigenvalue weighted by Gasteiger charge is 2.29. The monoisotopic (exact) mass is 278 g/mol. The SMILES string of the molecule is CC(O)CCN(C)CC(C)(C)C(=O)Nc1ccccc1. The fraction of sp³-hybridized carbons (Fsp3) is 0.562. The van der Waals surface area contributed by atoms with E-state index in [1.165, 1.54) is 0 Å². The Morgan fingerprint density at radius 3 is 2.50 bits per heavy atom. The third kappa shape index (κ3) is 5.72. The van der Waals surface area contributed by atoms with Gasteiger partial charge in [0.05, 0.1) is 11.5 Å². The highest BCUT2D eigenvalue weighted by Crippen LogP contribution is 2.20. The second-order valence-electron chi connectivity index (χ2n) is 6.08. The third-order valence-corrected chi connectivity index (χ3v) is 3.24. The average Bonchev–Trinajstić information content (AvgIpc) is 2.37. The first kappa shape index (κ1) is 16.7. The van der Waals surface area contributed by atoms with E-state index >= 15 is 0 Å². The maximum atomic E-state index is 12.3. The molecule has 0 aromatic heterocycles. The van der Waals surface area contributed by atoms with Crippen LogP contribution >= 0.6 is 0 Å². The number of hydrogen-bond acceptors (Lipinski definition) is 3. The van der Waals surface area contributed by atoms with Crippen LogP contribution in [-0.2, 0) is 4.79 Å². The minimum atomic E-state index is -0.483. The van der Waals surface area contributed by atoms with Crippen molar-refractivity contribution in [1.29, 1.82) is 0 Å². The largest absolute Gasteiger partial charge is 0.393 e. The molecule has 1 rings (SSSR count). The summed E-state index contributed by atoms with van der Waals surface area (Å²) < 4.78 is 0. The standard InChI is InChI=1S/C16H26N2O2/c1-13(19)10-11-18(4)12-16(2,3)15(20)17-14-8-6-5-7-9-14/h5-9,13,19H,10-12H2,1-4H3,(H,17,20). The molecule has 1 aromatic rings. The Labute approximate surface area is 121 Å². The predicted octanol–water partition coefficient (Wildman–Crippen LogP) is 2.35. The van der Waals surface area contributed by atoms with Gasteiger partial charge in [-0.15, -0.1) is 0 Å². The number of carbonyl (C=O) groups excluding carboxylic acids is 1. The number of nitrogens with zero attached hydrogens (tertiary/aromatic N) is 1. The highest BCUT2D eigenvalue weighted by atomic mass is 16.3. The van der Waals surface area contributed by atoms with Crippen LogP contribution < -0.4 is 5.32 Å². The normalized spacial score (nSPS) is 13.3. The number of rotatable bonds is 7. The molecule has 0 saturated carbocycles. The predicted molar refractivity (Wildman–Crippen MR) is 82.6 cm³/mol. The fourth-order valence-electron chi connectivity index (χ4n) is 2.05. The molecule has 4 nitrogen and oxygen atoms in total. The van der Waals surface area contributed by atoms with Crippen molar-refractivity contribution in [3.63, 3.8) is 0 Å². The van der Waals surface area contributed by atoms with E-state index < -0.39 is 5.41 Å². The van der Waals surface area contributed by atoms with Gasteiger partial charge >= 0.3 is 0 Å². The van der Waals surface area contributed by atoms with Gasteiger partial charge in [-0.1, -0.05) is 18.2 Å². The van der Waals surface area contributed by atoms with Gasteiger partial charge in [0.25, 0.3) is 0 Å². The minimum absolute atomic E-state index is 0.00703. The van der Waals surface area contributed by atoms with Crippen molar-refractivity contribution in [3.8, 4) is 0 Å². The number of aliphatic hydroxyl groups is 1. The van der Waals surface area contributed by atoms with E-state index in [1.807, 2.05) is 51.2 Å². The minimum Gasteiger partial charge on any atom is -0.393 e. The van der Waals surface area contributed by atoms with Crippen molar-refractivity contribution in [2.75, 3.05) is 25.5 Å². The van der Waals surface area contributed by atoms with E-state index in [2.05, 4.69) is 10.2 Å². The summed E-state index contributed by atoms with van der Waals surface area (Å²) in [7, 11) is 1.97. The molecule has 4 heteroatoms. The van der Waals surface area contributed by atoms with E-state index in [0.717, 1.165) is 12.2 Å². The van der Waals surface area contributed by atoms with Crippen molar-refractivity contribution in [2.24, 2.45) is 5.41 Å². The van der Waals surface area contributed by atoms with Gasteiger partial charge in [0.1, 0.15) is 0 Å². The Kier molecular flexibility index (Phi) is 6.17. The van der Waals surface area contributed by atoms with Gasteiger partial charge in [0.15, 0.2) is 0 Å². The lowest BCUT2D eigenvalue weighted by atomic mass is 9.91. The van der Waals surface area contributed by atoms with Crippen LogP contribution in [0.2, 0.25) is 0 Å². The Balaban J connectivity index is 2.52. The molecular weight excluding hydrogens is 252 g/mol. The summed E-state index contributed by atoms with van der Waals surface area (Å²) in [6, 6.07) is 9.48. The van der Waals surface area contributed by atoms with Crippen LogP contribution in [0.15, 0.2) is 30.3 Å². The summed E-state index contributed by atoms with van der Waals surface area (Å²) in [5, 5.41) is 12.2. The van der Waals surface area contributed by atoms with Crippen molar-refractivity contribution < 1.29 is 9.90 Å². The van der Waals surface area contributed by atoms with Crippen molar-refractivity contribution in [3.05, 3.63) is 30.3 Å². The summed E-state index contributed by atoms with van der Waals surface area (Å²) in [5.41, 5.74) is 0.334. The maximum absolute atomic E-state index is 12.3. The van der Waals surface area contributed by atoms with Gasteiger partial charge in [-0.25, -0.2) is 0 Å². The van der Waals surface area contributed by atoms with Crippen LogP contribution in [0.5, 0.6) is 0 Å². The summed E-state index contributed by atoms with van der Waals surface area (Å²) in [4.78, 5) is 14.4. The van der Waals surface area contributed by atoms with E-state index in [0.29, 0.717) is 13.0 Å². The van der Waals surface area contributed by atoms with Crippen LogP contribution in [0.25, 0.3) is 0 Å². The summed E-state index contributed by atoms with van der Waals surface area (Å²) in [6.07, 6.45) is 0.408. The number of anilines is 1. The van der Waals surface area contributed by atoms with Gasteiger partial charge in [-0.3, -0.25) is 4.79 Å². The highest BCUT2D eigenvalue weighted by molar-refractivity contribution is 5.94. The molecule has 1 amide bonds. The first-order valence-electron chi connectivity index (χ1n) is 7.04. The molecule has 2 N–H and O–H groups in total. The average molecular weight is 278 g/mol. The molecule has 0 saturated heterocycles. The number of aliphatic hydroxyl groups excluding tert-OH is 1. The van der Waals surface area contributed by atoms with E-state index in [9.17, 15) is 9.90 Å². The van der Waals surface area contributed by atoms with Crippen molar-refractivity contribution >= 4 is 11.6 Å². The second-order valence-corrected chi connectivity index (χ2v) is 6.08. The molecule has 20 heavy (non-hydrogen) atoms. The lowest BCUT2D eigenvalue weighted by Crippen LogP contribution is -2.41. The number of benzene rings is 1. The molecule has 0 bridgehead atoms. The van der Waals surface area contributed by atoms with Gasteiger partial charge in [0, 0.05) is 18.8 Å². The molecule has 112 valence electrons. The Morgan fingerprint density at radius 2 is 1.95 bits per heavy atom. The fourth-order valence-corrected chi connectivity index (χ4v) is 2.05. The van der Waals surface area contributed by atoms with Crippen molar-refractivity contribution in [2.45, 2.75) is 33.3 Å². The molecule has 0 spiro atoms. The van der Waals surface area contributed by atoms with Crippen LogP contribution in [0.4, 0.5) is 5.69 Å². The molecule has 1 atom stereocenters. The van der Waals surface area contributed by atoms with E-state index in [4.69, 9.17) is 0 Å². The molecule has 0 radical (unpaired) electrons. The van der Waals surface area contributed by atoms with Crippen LogP contribution in [0, 0.1) is 5.41 Å². The maximum Gasteiger partial charge on any atom is 0.231 e. The molecule has 0 aliphatic rings. The molecule has 0 aliphatic carbocycles. The number of para-hydroxylation sites is 1. The second kappa shape index (κ2) is 7.41. The Bertz CT molecular complexity index is 416. The number of carbonyl (C=O) groups is 1. The zero-order chi connectivity index (χ0) is 15.2. The number of amides is 1. The zero-order valence-corrected chi connectivity index (χ0v) is 12.9. The lowest BCUT2D eigenvalue weighted by Gasteiger charge is -2.29. The molecule has 0 heterocycles. The number of hydrogen-bond donors (Lipinski definition) is 2. The molecular formula is C16H26N2O2. The third-order valence-electron chi connectivity index (χ3n) is 3.24. The van der Waals surface area contributed by atoms with Gasteiger partial charge in [-0.05, 0) is 46.4 Å². The molecule has 0 aliphatic heterocycles. The van der Waals surface area contributed by atoms with Gasteiger partial charge in [-0.2, -0.15) is 0 Å². The first-order chi connectivity index (χ1) is 9.31. The smallest absolute Gasteiger partial charge is 0.231 e. The van der Waals surface area contributed by atoms with Crippen molar-refractivity contribution in [1.82, 2.24) is 4.90 Å². The summed E-state index contributed by atoms with van der Waals surface area (Å²) in [5.74, 6) is 0.00703. The Morgan fingerprint density at radius 1 is 1.35 bits per heavy atom. The van der Waals surface area contributed by atoms with Gasteiger partial charge in [0.2, 0.25) is 5.91 Å². The number of nitrogens with one attached hydrogen (secondary N) is 1. The quantitative estimate of drug-likeness (QED) is 0.805. The van der Waals surface area contributed by atoms with Crippen LogP contribution in [-0.4, -0.2) is 42.2 Å². The molecule has 1 aromatic carbocycles.